The molecule has 2 aromatic rings. The van der Waals surface area contributed by atoms with Gasteiger partial charge in [0, 0.05) is 24.9 Å². The molecule has 0 bridgehead atoms. The van der Waals surface area contributed by atoms with Gasteiger partial charge in [-0.1, -0.05) is 0 Å². The standard InChI is InChI=1S/C19H23N3O7/c1-10-11(2)21-22(3)18(24)16(10)19(25)29-9-15(23)20-12-7-13(26-4)17(28-6)14(8-12)27-5/h7-8H,9H2,1-6H3,(H,20,23). The van der Waals surface area contributed by atoms with E-state index >= 15 is 0 Å². The van der Waals surface area contributed by atoms with Crippen molar-refractivity contribution in [2.45, 2.75) is 13.8 Å². The Hall–Kier alpha value is -3.56. The Balaban J connectivity index is 2.13. The normalized spacial score (nSPS) is 10.3. The molecule has 0 saturated heterocycles. The quantitative estimate of drug-likeness (QED) is 0.683. The molecule has 0 unspecified atom stereocenters. The van der Waals surface area contributed by atoms with Gasteiger partial charge in [-0.3, -0.25) is 9.59 Å². The van der Waals surface area contributed by atoms with Crippen LogP contribution in [0.1, 0.15) is 21.6 Å². The van der Waals surface area contributed by atoms with Crippen molar-refractivity contribution in [3.05, 3.63) is 39.3 Å². The average molecular weight is 405 g/mol. The molecule has 1 aromatic heterocycles. The minimum absolute atomic E-state index is 0.152. The number of esters is 1. The Kier molecular flexibility index (Phi) is 6.81. The van der Waals surface area contributed by atoms with Crippen LogP contribution in [0.5, 0.6) is 17.2 Å². The number of benzene rings is 1. The highest BCUT2D eigenvalue weighted by atomic mass is 16.5. The number of rotatable bonds is 7. The van der Waals surface area contributed by atoms with Crippen LogP contribution in [0.15, 0.2) is 16.9 Å². The van der Waals surface area contributed by atoms with Crippen LogP contribution in [0.4, 0.5) is 5.69 Å². The van der Waals surface area contributed by atoms with Gasteiger partial charge in [-0.05, 0) is 19.4 Å². The van der Waals surface area contributed by atoms with Crippen molar-refractivity contribution in [1.82, 2.24) is 9.78 Å². The van der Waals surface area contributed by atoms with Crippen LogP contribution in [-0.2, 0) is 16.6 Å². The van der Waals surface area contributed by atoms with Crippen LogP contribution < -0.4 is 25.1 Å². The number of amides is 1. The first-order valence-corrected chi connectivity index (χ1v) is 8.54. The molecular formula is C19H23N3O7. The van der Waals surface area contributed by atoms with Crippen LogP contribution >= 0.6 is 0 Å². The van der Waals surface area contributed by atoms with Crippen molar-refractivity contribution in [2.24, 2.45) is 7.05 Å². The van der Waals surface area contributed by atoms with Crippen molar-refractivity contribution in [3.63, 3.8) is 0 Å². The number of methoxy groups -OCH3 is 3. The zero-order chi connectivity index (χ0) is 21.7. The smallest absolute Gasteiger partial charge is 0.344 e. The lowest BCUT2D eigenvalue weighted by molar-refractivity contribution is -0.119. The van der Waals surface area contributed by atoms with Gasteiger partial charge in [0.05, 0.1) is 27.0 Å². The first kappa shape index (κ1) is 21.7. The Labute approximate surface area is 167 Å². The Morgan fingerprint density at radius 3 is 2.17 bits per heavy atom. The van der Waals surface area contributed by atoms with Crippen LogP contribution in [0.3, 0.4) is 0 Å². The molecule has 0 aliphatic rings. The van der Waals surface area contributed by atoms with Gasteiger partial charge in [-0.2, -0.15) is 5.10 Å². The molecule has 0 aliphatic carbocycles. The van der Waals surface area contributed by atoms with E-state index in [0.717, 1.165) is 4.68 Å². The fourth-order valence-corrected chi connectivity index (χ4v) is 2.64. The topological polar surface area (TPSA) is 118 Å². The number of aromatic nitrogens is 2. The van der Waals surface area contributed by atoms with Gasteiger partial charge in [-0.15, -0.1) is 0 Å². The number of hydrogen-bond donors (Lipinski definition) is 1. The Morgan fingerprint density at radius 1 is 1.07 bits per heavy atom. The van der Waals surface area contributed by atoms with E-state index in [1.165, 1.54) is 40.5 Å². The van der Waals surface area contributed by atoms with Gasteiger partial charge in [-0.25, -0.2) is 9.48 Å². The lowest BCUT2D eigenvalue weighted by Crippen LogP contribution is -2.31. The maximum absolute atomic E-state index is 12.3. The van der Waals surface area contributed by atoms with E-state index in [0.29, 0.717) is 34.2 Å². The third-order valence-electron chi connectivity index (χ3n) is 4.21. The van der Waals surface area contributed by atoms with Crippen molar-refractivity contribution >= 4 is 17.6 Å². The Morgan fingerprint density at radius 2 is 1.66 bits per heavy atom. The largest absolute Gasteiger partial charge is 0.493 e. The fraction of sp³-hybridized carbons (Fsp3) is 0.368. The predicted molar refractivity (Wildman–Crippen MR) is 104 cm³/mol. The monoisotopic (exact) mass is 405 g/mol. The molecule has 0 saturated carbocycles. The Bertz CT molecular complexity index is 973. The second-order valence-electron chi connectivity index (χ2n) is 6.05. The van der Waals surface area contributed by atoms with E-state index in [9.17, 15) is 14.4 Å². The molecule has 0 radical (unpaired) electrons. The van der Waals surface area contributed by atoms with Crippen LogP contribution in [0.2, 0.25) is 0 Å². The van der Waals surface area contributed by atoms with E-state index in [-0.39, 0.29) is 5.56 Å². The number of nitrogens with one attached hydrogen (secondary N) is 1. The van der Waals surface area contributed by atoms with Crippen LogP contribution in [-0.4, -0.2) is 49.6 Å². The highest BCUT2D eigenvalue weighted by Crippen LogP contribution is 2.39. The molecule has 1 heterocycles. The molecular weight excluding hydrogens is 382 g/mol. The molecule has 0 aliphatic heterocycles. The number of carbonyl (C=O) groups excluding carboxylic acids is 2. The summed E-state index contributed by atoms with van der Waals surface area (Å²) < 4.78 is 21.7. The molecule has 0 fully saturated rings. The minimum Gasteiger partial charge on any atom is -0.493 e. The number of nitrogens with zero attached hydrogens (tertiary/aromatic N) is 2. The third kappa shape index (κ3) is 4.65. The lowest BCUT2D eigenvalue weighted by Gasteiger charge is -2.14. The molecule has 2 rings (SSSR count). The second kappa shape index (κ2) is 9.09. The molecule has 0 spiro atoms. The molecule has 1 N–H and O–H groups in total. The summed E-state index contributed by atoms with van der Waals surface area (Å²) in [4.78, 5) is 36.7. The van der Waals surface area contributed by atoms with Gasteiger partial charge < -0.3 is 24.3 Å². The predicted octanol–water partition coefficient (Wildman–Crippen LogP) is 1.22. The van der Waals surface area contributed by atoms with Crippen molar-refractivity contribution in [1.29, 1.82) is 0 Å². The highest BCUT2D eigenvalue weighted by Gasteiger charge is 2.21. The summed E-state index contributed by atoms with van der Waals surface area (Å²) in [7, 11) is 5.79. The van der Waals surface area contributed by atoms with E-state index in [4.69, 9.17) is 18.9 Å². The summed E-state index contributed by atoms with van der Waals surface area (Å²) in [6, 6.07) is 3.07. The SMILES string of the molecule is COc1cc(NC(=O)COC(=O)c2c(C)c(C)nn(C)c2=O)cc(OC)c1OC. The van der Waals surface area contributed by atoms with Crippen molar-refractivity contribution in [3.8, 4) is 17.2 Å². The third-order valence-corrected chi connectivity index (χ3v) is 4.21. The molecule has 1 aromatic carbocycles. The fourth-order valence-electron chi connectivity index (χ4n) is 2.64. The maximum atomic E-state index is 12.3. The lowest BCUT2D eigenvalue weighted by atomic mass is 10.1. The molecule has 10 nitrogen and oxygen atoms in total. The first-order valence-electron chi connectivity index (χ1n) is 8.54. The van der Waals surface area contributed by atoms with Gasteiger partial charge >= 0.3 is 5.97 Å². The van der Waals surface area contributed by atoms with Gasteiger partial charge in [0.1, 0.15) is 5.56 Å². The summed E-state index contributed by atoms with van der Waals surface area (Å²) in [5.74, 6) is -0.420. The van der Waals surface area contributed by atoms with E-state index in [1.54, 1.807) is 13.8 Å². The zero-order valence-electron chi connectivity index (χ0n) is 17.1. The minimum atomic E-state index is -0.895. The number of anilines is 1. The highest BCUT2D eigenvalue weighted by molar-refractivity contribution is 5.96. The van der Waals surface area contributed by atoms with Gasteiger partial charge in [0.15, 0.2) is 18.1 Å². The number of hydrogen-bond acceptors (Lipinski definition) is 8. The van der Waals surface area contributed by atoms with Gasteiger partial charge in [0.2, 0.25) is 5.75 Å². The molecule has 29 heavy (non-hydrogen) atoms. The van der Waals surface area contributed by atoms with Crippen LogP contribution in [0, 0.1) is 13.8 Å². The summed E-state index contributed by atoms with van der Waals surface area (Å²) in [6.45, 7) is 2.68. The van der Waals surface area contributed by atoms with E-state index < -0.39 is 24.0 Å². The molecule has 0 atom stereocenters. The van der Waals surface area contributed by atoms with Crippen LogP contribution in [0.25, 0.3) is 0 Å². The summed E-state index contributed by atoms with van der Waals surface area (Å²) in [5, 5.41) is 6.57. The van der Waals surface area contributed by atoms with Gasteiger partial charge in [0.25, 0.3) is 11.5 Å². The summed E-state index contributed by atoms with van der Waals surface area (Å²) >= 11 is 0. The summed E-state index contributed by atoms with van der Waals surface area (Å²) in [6.07, 6.45) is 0. The van der Waals surface area contributed by atoms with E-state index in [2.05, 4.69) is 10.4 Å². The van der Waals surface area contributed by atoms with Crippen molar-refractivity contribution < 1.29 is 28.5 Å². The first-order chi connectivity index (χ1) is 13.7. The number of aryl methyl sites for hydroxylation is 2. The maximum Gasteiger partial charge on any atom is 0.344 e. The molecule has 1 amide bonds. The van der Waals surface area contributed by atoms with E-state index in [1.807, 2.05) is 0 Å². The summed E-state index contributed by atoms with van der Waals surface area (Å²) in [5.41, 5.74) is 0.528. The second-order valence-corrected chi connectivity index (χ2v) is 6.05. The molecule has 156 valence electrons. The van der Waals surface area contributed by atoms with Crippen molar-refractivity contribution in [2.75, 3.05) is 33.3 Å². The average Bonchev–Trinajstić information content (AvgIpc) is 2.70. The number of ether oxygens (including phenoxy) is 4. The number of carbonyl (C=O) groups is 2. The zero-order valence-corrected chi connectivity index (χ0v) is 17.1. The molecule has 10 heteroatoms.